The van der Waals surface area contributed by atoms with E-state index in [4.69, 9.17) is 14.2 Å². The molecule has 4 nitrogen and oxygen atoms in total. The van der Waals surface area contributed by atoms with Crippen LogP contribution in [0, 0.1) is 5.92 Å². The van der Waals surface area contributed by atoms with Crippen LogP contribution in [0.2, 0.25) is 0 Å². The Hall–Kier alpha value is -2.98. The highest BCUT2D eigenvalue weighted by Crippen LogP contribution is 2.38. The van der Waals surface area contributed by atoms with Crippen molar-refractivity contribution in [2.24, 2.45) is 5.92 Å². The van der Waals surface area contributed by atoms with Crippen molar-refractivity contribution in [2.45, 2.75) is 39.3 Å². The average Bonchev–Trinajstić information content (AvgIpc) is 2.82. The Morgan fingerprint density at radius 1 is 0.938 bits per heavy atom. The zero-order chi connectivity index (χ0) is 22.3. The topological polar surface area (TPSA) is 39.7 Å². The summed E-state index contributed by atoms with van der Waals surface area (Å²) in [5.41, 5.74) is 4.86. The van der Waals surface area contributed by atoms with E-state index in [9.17, 15) is 0 Å². The molecule has 1 atom stereocenters. The third-order valence-corrected chi connectivity index (χ3v) is 5.87. The molecule has 4 rings (SSSR count). The summed E-state index contributed by atoms with van der Waals surface area (Å²) in [5.74, 6) is 3.11. The molecule has 1 aliphatic heterocycles. The Morgan fingerprint density at radius 2 is 1.78 bits per heavy atom. The number of benzene rings is 3. The summed E-state index contributed by atoms with van der Waals surface area (Å²) in [4.78, 5) is 0. The van der Waals surface area contributed by atoms with Crippen LogP contribution in [0.3, 0.4) is 0 Å². The standard InChI is InChI=1S/C28H33NO3/c1-20(2)13-15-31-24-11-7-10-23(16-24)28-25-18-27(32-19-21-8-5-4-6-9-21)26(30-3)17-22(25)12-14-29-28/h4-11,16-18,20,28-29H,12-15,19H2,1-3H3. The Kier molecular flexibility index (Phi) is 7.33. The highest BCUT2D eigenvalue weighted by Gasteiger charge is 2.24. The molecule has 0 spiro atoms. The molecule has 0 saturated carbocycles. The Bertz CT molecular complexity index is 1020. The molecule has 3 aromatic rings. The minimum absolute atomic E-state index is 0.0948. The fourth-order valence-electron chi connectivity index (χ4n) is 4.07. The van der Waals surface area contributed by atoms with Crippen LogP contribution in [-0.4, -0.2) is 20.3 Å². The molecule has 0 aromatic heterocycles. The van der Waals surface area contributed by atoms with E-state index in [0.717, 1.165) is 48.8 Å². The van der Waals surface area contributed by atoms with Crippen molar-refractivity contribution in [3.8, 4) is 17.2 Å². The van der Waals surface area contributed by atoms with Gasteiger partial charge in [-0.05, 0) is 65.3 Å². The fourth-order valence-corrected chi connectivity index (χ4v) is 4.07. The SMILES string of the molecule is COc1cc2c(cc1OCc1ccccc1)C(c1cccc(OCCC(C)C)c1)NCC2. The number of nitrogens with one attached hydrogen (secondary N) is 1. The van der Waals surface area contributed by atoms with Crippen LogP contribution in [0.1, 0.15) is 48.6 Å². The van der Waals surface area contributed by atoms with Gasteiger partial charge in [0.2, 0.25) is 0 Å². The molecule has 3 aromatic carbocycles. The second-order valence-corrected chi connectivity index (χ2v) is 8.72. The smallest absolute Gasteiger partial charge is 0.162 e. The van der Waals surface area contributed by atoms with Gasteiger partial charge in [0, 0.05) is 6.54 Å². The Morgan fingerprint density at radius 3 is 2.56 bits per heavy atom. The number of hydrogen-bond donors (Lipinski definition) is 1. The van der Waals surface area contributed by atoms with Crippen LogP contribution in [0.15, 0.2) is 66.7 Å². The van der Waals surface area contributed by atoms with Gasteiger partial charge in [-0.2, -0.15) is 0 Å². The lowest BCUT2D eigenvalue weighted by atomic mass is 9.89. The van der Waals surface area contributed by atoms with E-state index >= 15 is 0 Å². The number of ether oxygens (including phenoxy) is 3. The lowest BCUT2D eigenvalue weighted by Gasteiger charge is -2.29. The lowest BCUT2D eigenvalue weighted by Crippen LogP contribution is -2.30. The van der Waals surface area contributed by atoms with Gasteiger partial charge in [0.1, 0.15) is 12.4 Å². The molecule has 0 fully saturated rings. The first-order chi connectivity index (χ1) is 15.6. The van der Waals surface area contributed by atoms with Crippen LogP contribution < -0.4 is 19.5 Å². The van der Waals surface area contributed by atoms with Gasteiger partial charge >= 0.3 is 0 Å². The Balaban J connectivity index is 1.58. The van der Waals surface area contributed by atoms with E-state index < -0.39 is 0 Å². The summed E-state index contributed by atoms with van der Waals surface area (Å²) in [6, 6.07) is 23.0. The van der Waals surface area contributed by atoms with Crippen LogP contribution in [0.25, 0.3) is 0 Å². The summed E-state index contributed by atoms with van der Waals surface area (Å²) >= 11 is 0. The zero-order valence-corrected chi connectivity index (χ0v) is 19.3. The molecule has 0 amide bonds. The van der Waals surface area contributed by atoms with Crippen molar-refractivity contribution in [3.63, 3.8) is 0 Å². The van der Waals surface area contributed by atoms with Crippen LogP contribution >= 0.6 is 0 Å². The van der Waals surface area contributed by atoms with E-state index in [0.29, 0.717) is 12.5 Å². The minimum Gasteiger partial charge on any atom is -0.494 e. The largest absolute Gasteiger partial charge is 0.494 e. The maximum Gasteiger partial charge on any atom is 0.162 e. The third kappa shape index (κ3) is 5.43. The van der Waals surface area contributed by atoms with Crippen LogP contribution in [-0.2, 0) is 13.0 Å². The quantitative estimate of drug-likeness (QED) is 0.455. The molecule has 1 N–H and O–H groups in total. The first-order valence-corrected chi connectivity index (χ1v) is 11.5. The first-order valence-electron chi connectivity index (χ1n) is 11.5. The van der Waals surface area contributed by atoms with Gasteiger partial charge in [-0.25, -0.2) is 0 Å². The second kappa shape index (κ2) is 10.6. The predicted octanol–water partition coefficient (Wildman–Crippen LogP) is 5.93. The summed E-state index contributed by atoms with van der Waals surface area (Å²) in [6.45, 7) is 6.60. The van der Waals surface area contributed by atoms with Gasteiger partial charge in [-0.15, -0.1) is 0 Å². The van der Waals surface area contributed by atoms with Gasteiger partial charge < -0.3 is 19.5 Å². The molecule has 1 unspecified atom stereocenters. The van der Waals surface area contributed by atoms with Gasteiger partial charge in [0.15, 0.2) is 11.5 Å². The molecule has 32 heavy (non-hydrogen) atoms. The van der Waals surface area contributed by atoms with Crippen molar-refractivity contribution in [2.75, 3.05) is 20.3 Å². The van der Waals surface area contributed by atoms with Crippen molar-refractivity contribution in [1.82, 2.24) is 5.32 Å². The van der Waals surface area contributed by atoms with E-state index in [1.165, 1.54) is 16.7 Å². The van der Waals surface area contributed by atoms with Gasteiger partial charge in [-0.1, -0.05) is 56.3 Å². The molecule has 4 heteroatoms. The molecule has 168 valence electrons. The highest BCUT2D eigenvalue weighted by molar-refractivity contribution is 5.52. The minimum atomic E-state index is 0.0948. The van der Waals surface area contributed by atoms with Crippen LogP contribution in [0.5, 0.6) is 17.2 Å². The predicted molar refractivity (Wildman–Crippen MR) is 129 cm³/mol. The monoisotopic (exact) mass is 431 g/mol. The van der Waals surface area contributed by atoms with Crippen LogP contribution in [0.4, 0.5) is 0 Å². The molecule has 0 radical (unpaired) electrons. The molecule has 1 heterocycles. The van der Waals surface area contributed by atoms with E-state index in [1.54, 1.807) is 7.11 Å². The molecular weight excluding hydrogens is 398 g/mol. The van der Waals surface area contributed by atoms with Crippen molar-refractivity contribution < 1.29 is 14.2 Å². The number of rotatable bonds is 9. The average molecular weight is 432 g/mol. The van der Waals surface area contributed by atoms with Crippen molar-refractivity contribution in [3.05, 3.63) is 89.0 Å². The normalized spacial score (nSPS) is 15.3. The summed E-state index contributed by atoms with van der Waals surface area (Å²) in [6.07, 6.45) is 2.02. The molecule has 0 aliphatic carbocycles. The summed E-state index contributed by atoms with van der Waals surface area (Å²) in [7, 11) is 1.70. The summed E-state index contributed by atoms with van der Waals surface area (Å²) in [5, 5.41) is 3.68. The number of fused-ring (bicyclic) bond motifs is 1. The van der Waals surface area contributed by atoms with Crippen molar-refractivity contribution >= 4 is 0 Å². The number of methoxy groups -OCH3 is 1. The maximum atomic E-state index is 6.19. The van der Waals surface area contributed by atoms with E-state index in [2.05, 4.69) is 61.6 Å². The van der Waals surface area contributed by atoms with Crippen molar-refractivity contribution in [1.29, 1.82) is 0 Å². The second-order valence-electron chi connectivity index (χ2n) is 8.72. The molecule has 1 aliphatic rings. The van der Waals surface area contributed by atoms with Gasteiger partial charge in [-0.3, -0.25) is 0 Å². The lowest BCUT2D eigenvalue weighted by molar-refractivity contribution is 0.283. The van der Waals surface area contributed by atoms with Gasteiger partial charge in [0.05, 0.1) is 19.8 Å². The first kappa shape index (κ1) is 22.2. The van der Waals surface area contributed by atoms with E-state index in [1.807, 2.05) is 24.3 Å². The maximum absolute atomic E-state index is 6.19. The number of hydrogen-bond acceptors (Lipinski definition) is 4. The van der Waals surface area contributed by atoms with Gasteiger partial charge in [0.25, 0.3) is 0 Å². The highest BCUT2D eigenvalue weighted by atomic mass is 16.5. The molecular formula is C28H33NO3. The third-order valence-electron chi connectivity index (χ3n) is 5.87. The molecule has 0 bridgehead atoms. The summed E-state index contributed by atoms with van der Waals surface area (Å²) < 4.78 is 17.9. The Labute approximate surface area is 191 Å². The molecule has 0 saturated heterocycles. The zero-order valence-electron chi connectivity index (χ0n) is 19.3. The fraction of sp³-hybridized carbons (Fsp3) is 0.357. The van der Waals surface area contributed by atoms with E-state index in [-0.39, 0.29) is 6.04 Å².